The summed E-state index contributed by atoms with van der Waals surface area (Å²) < 4.78 is 0. The third kappa shape index (κ3) is 3.55. The van der Waals surface area contributed by atoms with E-state index in [9.17, 15) is 9.90 Å². The first kappa shape index (κ1) is 19.8. The fraction of sp³-hybridized carbons (Fsp3) is 0.409. The van der Waals surface area contributed by atoms with Crippen molar-refractivity contribution in [2.45, 2.75) is 33.1 Å². The first-order chi connectivity index (χ1) is 12.2. The van der Waals surface area contributed by atoms with Crippen molar-refractivity contribution < 1.29 is 9.90 Å². The minimum Gasteiger partial charge on any atom is -0.480 e. The van der Waals surface area contributed by atoms with Gasteiger partial charge in [0.1, 0.15) is 5.41 Å². The molecule has 140 valence electrons. The van der Waals surface area contributed by atoms with Gasteiger partial charge in [-0.2, -0.15) is 0 Å². The predicted octanol–water partition coefficient (Wildman–Crippen LogP) is 4.30. The second kappa shape index (κ2) is 7.81. The summed E-state index contributed by atoms with van der Waals surface area (Å²) in [5.41, 5.74) is 3.69. The fourth-order valence-corrected chi connectivity index (χ4v) is 3.48. The highest BCUT2D eigenvalue weighted by Gasteiger charge is 2.38. The molecule has 2 rings (SSSR count). The third-order valence-electron chi connectivity index (χ3n) is 5.27. The molecule has 0 spiro atoms. The molecule has 26 heavy (non-hydrogen) atoms. The Morgan fingerprint density at radius 3 is 1.96 bits per heavy atom. The van der Waals surface area contributed by atoms with Gasteiger partial charge in [0.25, 0.3) is 0 Å². The van der Waals surface area contributed by atoms with Crippen molar-refractivity contribution in [1.82, 2.24) is 0 Å². The maximum absolute atomic E-state index is 12.3. The lowest BCUT2D eigenvalue weighted by molar-refractivity contribution is -0.141. The van der Waals surface area contributed by atoms with Gasteiger partial charge in [0.15, 0.2) is 0 Å². The number of anilines is 2. The van der Waals surface area contributed by atoms with E-state index in [-0.39, 0.29) is 0 Å². The van der Waals surface area contributed by atoms with Gasteiger partial charge in [-0.05, 0) is 68.7 Å². The van der Waals surface area contributed by atoms with E-state index in [1.54, 1.807) is 6.92 Å². The van der Waals surface area contributed by atoms with Crippen LogP contribution in [0.5, 0.6) is 0 Å². The zero-order valence-electron chi connectivity index (χ0n) is 16.7. The van der Waals surface area contributed by atoms with Crippen LogP contribution in [0, 0.1) is 6.92 Å². The summed E-state index contributed by atoms with van der Waals surface area (Å²) in [7, 11) is 3.97. The highest BCUT2D eigenvalue weighted by molar-refractivity contribution is 5.86. The Bertz CT molecular complexity index is 764. The van der Waals surface area contributed by atoms with Gasteiger partial charge in [0, 0.05) is 38.6 Å². The molecule has 4 heteroatoms. The number of carbonyl (C=O) groups is 1. The molecule has 0 radical (unpaired) electrons. The maximum Gasteiger partial charge on any atom is 0.318 e. The lowest BCUT2D eigenvalue weighted by Crippen LogP contribution is -2.34. The molecule has 1 atom stereocenters. The first-order valence-corrected chi connectivity index (χ1v) is 9.13. The highest BCUT2D eigenvalue weighted by Crippen LogP contribution is 2.36. The molecule has 0 saturated carbocycles. The van der Waals surface area contributed by atoms with Crippen LogP contribution in [0.15, 0.2) is 42.5 Å². The number of aliphatic carboxylic acids is 1. The number of rotatable bonds is 7. The van der Waals surface area contributed by atoms with Crippen LogP contribution in [-0.2, 0) is 10.2 Å². The van der Waals surface area contributed by atoms with E-state index in [1.807, 2.05) is 68.4 Å². The average Bonchev–Trinajstić information content (AvgIpc) is 2.62. The van der Waals surface area contributed by atoms with Crippen molar-refractivity contribution >= 4 is 17.3 Å². The molecule has 0 aliphatic rings. The lowest BCUT2D eigenvalue weighted by Gasteiger charge is -2.29. The van der Waals surface area contributed by atoms with Gasteiger partial charge in [-0.25, -0.2) is 0 Å². The number of nitrogens with zero attached hydrogens (tertiary/aromatic N) is 2. The summed E-state index contributed by atoms with van der Waals surface area (Å²) in [6.07, 6.45) is 0. The Labute approximate surface area is 157 Å². The van der Waals surface area contributed by atoms with Crippen LogP contribution in [-0.4, -0.2) is 38.3 Å². The van der Waals surface area contributed by atoms with Gasteiger partial charge in [-0.3, -0.25) is 4.79 Å². The van der Waals surface area contributed by atoms with Gasteiger partial charge in [-0.15, -0.1) is 0 Å². The van der Waals surface area contributed by atoms with Gasteiger partial charge >= 0.3 is 5.97 Å². The van der Waals surface area contributed by atoms with Crippen molar-refractivity contribution in [3.63, 3.8) is 0 Å². The van der Waals surface area contributed by atoms with E-state index in [0.717, 1.165) is 41.2 Å². The van der Waals surface area contributed by atoms with E-state index in [2.05, 4.69) is 18.7 Å². The normalized spacial score (nSPS) is 13.2. The quantitative estimate of drug-likeness (QED) is 0.805. The number of hydrogen-bond donors (Lipinski definition) is 1. The van der Waals surface area contributed by atoms with Crippen LogP contribution in [0.25, 0.3) is 0 Å². The largest absolute Gasteiger partial charge is 0.480 e. The van der Waals surface area contributed by atoms with E-state index in [0.29, 0.717) is 0 Å². The van der Waals surface area contributed by atoms with E-state index in [4.69, 9.17) is 0 Å². The summed E-state index contributed by atoms with van der Waals surface area (Å²) in [4.78, 5) is 16.6. The standard InChI is InChI=1S/C22H30N2O2/c1-7-24(8-2)18-11-9-17(10-12-18)22(4,21(25)26)20-14-13-19(23(5)6)15-16(20)3/h9-15H,7-8H2,1-6H3,(H,25,26). The van der Waals surface area contributed by atoms with Crippen molar-refractivity contribution in [1.29, 1.82) is 0 Å². The lowest BCUT2D eigenvalue weighted by atomic mass is 9.74. The highest BCUT2D eigenvalue weighted by atomic mass is 16.4. The smallest absolute Gasteiger partial charge is 0.318 e. The Morgan fingerprint density at radius 1 is 1.00 bits per heavy atom. The molecule has 1 N–H and O–H groups in total. The van der Waals surface area contributed by atoms with E-state index < -0.39 is 11.4 Å². The fourth-order valence-electron chi connectivity index (χ4n) is 3.48. The topological polar surface area (TPSA) is 43.8 Å². The average molecular weight is 354 g/mol. The zero-order chi connectivity index (χ0) is 19.5. The molecule has 0 fully saturated rings. The minimum atomic E-state index is -1.09. The number of hydrogen-bond acceptors (Lipinski definition) is 3. The molecule has 0 aliphatic carbocycles. The molecule has 1 unspecified atom stereocenters. The number of carboxylic acids is 1. The Hall–Kier alpha value is -2.49. The van der Waals surface area contributed by atoms with Crippen LogP contribution in [0.3, 0.4) is 0 Å². The summed E-state index contributed by atoms with van der Waals surface area (Å²) in [6.45, 7) is 9.87. The van der Waals surface area contributed by atoms with Gasteiger partial charge in [0.05, 0.1) is 0 Å². The molecule has 0 aromatic heterocycles. The molecular weight excluding hydrogens is 324 g/mol. The van der Waals surface area contributed by atoms with Crippen LogP contribution in [0.2, 0.25) is 0 Å². The SMILES string of the molecule is CCN(CC)c1ccc(C(C)(C(=O)O)c2ccc(N(C)C)cc2C)cc1. The maximum atomic E-state index is 12.3. The monoisotopic (exact) mass is 354 g/mol. The number of carboxylic acid groups (broad SMARTS) is 1. The molecule has 0 amide bonds. The third-order valence-corrected chi connectivity index (χ3v) is 5.27. The number of aryl methyl sites for hydroxylation is 1. The molecule has 4 nitrogen and oxygen atoms in total. The van der Waals surface area contributed by atoms with Gasteiger partial charge in [-0.1, -0.05) is 18.2 Å². The molecule has 2 aromatic carbocycles. The van der Waals surface area contributed by atoms with Crippen LogP contribution in [0.4, 0.5) is 11.4 Å². The first-order valence-electron chi connectivity index (χ1n) is 9.13. The molecule has 0 saturated heterocycles. The van der Waals surface area contributed by atoms with Crippen molar-refractivity contribution in [3.8, 4) is 0 Å². The van der Waals surface area contributed by atoms with Crippen molar-refractivity contribution in [3.05, 3.63) is 59.2 Å². The Morgan fingerprint density at radius 2 is 1.54 bits per heavy atom. The van der Waals surface area contributed by atoms with Gasteiger partial charge in [0.2, 0.25) is 0 Å². The summed E-state index contributed by atoms with van der Waals surface area (Å²) in [6, 6.07) is 13.9. The summed E-state index contributed by atoms with van der Waals surface area (Å²) in [5, 5.41) is 10.1. The number of benzene rings is 2. The molecule has 0 aliphatic heterocycles. The van der Waals surface area contributed by atoms with Crippen molar-refractivity contribution in [2.75, 3.05) is 37.0 Å². The predicted molar refractivity (Wildman–Crippen MR) is 110 cm³/mol. The summed E-state index contributed by atoms with van der Waals surface area (Å²) >= 11 is 0. The zero-order valence-corrected chi connectivity index (χ0v) is 16.7. The molecular formula is C22H30N2O2. The second-order valence-corrected chi connectivity index (χ2v) is 7.04. The van der Waals surface area contributed by atoms with Crippen LogP contribution < -0.4 is 9.80 Å². The van der Waals surface area contributed by atoms with Crippen LogP contribution >= 0.6 is 0 Å². The Balaban J connectivity index is 2.52. The molecule has 0 heterocycles. The van der Waals surface area contributed by atoms with Crippen molar-refractivity contribution in [2.24, 2.45) is 0 Å². The summed E-state index contributed by atoms with van der Waals surface area (Å²) in [5.74, 6) is -0.839. The molecule has 2 aromatic rings. The van der Waals surface area contributed by atoms with E-state index >= 15 is 0 Å². The Kier molecular flexibility index (Phi) is 5.96. The molecule has 0 bridgehead atoms. The van der Waals surface area contributed by atoms with E-state index in [1.165, 1.54) is 0 Å². The van der Waals surface area contributed by atoms with Crippen LogP contribution in [0.1, 0.15) is 37.5 Å². The van der Waals surface area contributed by atoms with Gasteiger partial charge < -0.3 is 14.9 Å². The minimum absolute atomic E-state index is 0.793. The second-order valence-electron chi connectivity index (χ2n) is 7.04.